The zero-order valence-electron chi connectivity index (χ0n) is 14.1. The van der Waals surface area contributed by atoms with Crippen LogP contribution < -0.4 is 10.6 Å². The van der Waals surface area contributed by atoms with Crippen molar-refractivity contribution in [3.8, 4) is 0 Å². The summed E-state index contributed by atoms with van der Waals surface area (Å²) in [7, 11) is -1.29. The molecule has 0 aromatic rings. The zero-order valence-corrected chi connectivity index (χ0v) is 14.9. The molecule has 0 aromatic carbocycles. The van der Waals surface area contributed by atoms with Crippen LogP contribution in [0.3, 0.4) is 0 Å². The number of aliphatic imine (C=N–C) groups is 1. The molecule has 7 nitrogen and oxygen atoms in total. The van der Waals surface area contributed by atoms with Gasteiger partial charge in [-0.25, -0.2) is 8.42 Å². The summed E-state index contributed by atoms with van der Waals surface area (Å²) in [5.74, 6) is 1.35. The minimum atomic E-state index is -2.96. The maximum Gasteiger partial charge on any atom is 0.191 e. The fourth-order valence-corrected chi connectivity index (χ4v) is 2.84. The van der Waals surface area contributed by atoms with Gasteiger partial charge in [0.1, 0.15) is 9.84 Å². The quantitative estimate of drug-likeness (QED) is 0.485. The van der Waals surface area contributed by atoms with Crippen molar-refractivity contribution in [1.29, 1.82) is 0 Å². The summed E-state index contributed by atoms with van der Waals surface area (Å²) in [6.45, 7) is 9.17. The summed E-state index contributed by atoms with van der Waals surface area (Å²) in [5, 5.41) is 6.19. The monoisotopic (exact) mass is 334 g/mol. The minimum absolute atomic E-state index is 0.0931. The van der Waals surface area contributed by atoms with Gasteiger partial charge in [-0.2, -0.15) is 0 Å². The summed E-state index contributed by atoms with van der Waals surface area (Å²) >= 11 is 0. The lowest BCUT2D eigenvalue weighted by molar-refractivity contribution is -0.0284. The van der Waals surface area contributed by atoms with E-state index < -0.39 is 9.84 Å². The van der Waals surface area contributed by atoms with Crippen LogP contribution in [0.4, 0.5) is 0 Å². The predicted molar refractivity (Wildman–Crippen MR) is 90.1 cm³/mol. The second-order valence-electron chi connectivity index (χ2n) is 6.16. The van der Waals surface area contributed by atoms with Gasteiger partial charge in [-0.05, 0) is 5.92 Å². The van der Waals surface area contributed by atoms with E-state index in [0.717, 1.165) is 26.2 Å². The molecule has 22 heavy (non-hydrogen) atoms. The van der Waals surface area contributed by atoms with Gasteiger partial charge in [-0.1, -0.05) is 13.8 Å². The zero-order chi connectivity index (χ0) is 16.6. The number of rotatable bonds is 7. The van der Waals surface area contributed by atoms with E-state index in [2.05, 4.69) is 34.4 Å². The van der Waals surface area contributed by atoms with Crippen LogP contribution >= 0.6 is 0 Å². The van der Waals surface area contributed by atoms with Crippen molar-refractivity contribution in [3.63, 3.8) is 0 Å². The maximum absolute atomic E-state index is 11.1. The van der Waals surface area contributed by atoms with Gasteiger partial charge in [0.2, 0.25) is 0 Å². The van der Waals surface area contributed by atoms with E-state index in [1.165, 1.54) is 6.26 Å². The Kier molecular flexibility index (Phi) is 8.13. The number of nitrogens with one attached hydrogen (secondary N) is 2. The Morgan fingerprint density at radius 1 is 1.41 bits per heavy atom. The van der Waals surface area contributed by atoms with Crippen LogP contribution in [0, 0.1) is 5.92 Å². The standard InChI is InChI=1S/C14H30N4O3S/c1-12(2)10-18-6-7-21-13(11-18)9-17-14(15-3)16-5-8-22(4,19)20/h12-13H,5-11H2,1-4H3,(H2,15,16,17). The maximum atomic E-state index is 11.1. The van der Waals surface area contributed by atoms with Crippen LogP contribution in [0.25, 0.3) is 0 Å². The summed E-state index contributed by atoms with van der Waals surface area (Å²) < 4.78 is 28.0. The van der Waals surface area contributed by atoms with E-state index in [0.29, 0.717) is 25.0 Å². The SMILES string of the molecule is CN=C(NCCS(C)(=O)=O)NCC1CN(CC(C)C)CCO1. The third kappa shape index (κ3) is 8.55. The van der Waals surface area contributed by atoms with Gasteiger partial charge >= 0.3 is 0 Å². The average Bonchev–Trinajstić information content (AvgIpc) is 2.41. The molecule has 0 bridgehead atoms. The van der Waals surface area contributed by atoms with E-state index >= 15 is 0 Å². The lowest BCUT2D eigenvalue weighted by atomic mass is 10.2. The van der Waals surface area contributed by atoms with Crippen LogP contribution in [0.1, 0.15) is 13.8 Å². The van der Waals surface area contributed by atoms with E-state index in [1.807, 2.05) is 0 Å². The molecule has 8 heteroatoms. The van der Waals surface area contributed by atoms with Crippen molar-refractivity contribution in [2.45, 2.75) is 20.0 Å². The van der Waals surface area contributed by atoms with Gasteiger partial charge in [0, 0.05) is 46.0 Å². The summed E-state index contributed by atoms with van der Waals surface area (Å²) in [6.07, 6.45) is 1.35. The topological polar surface area (TPSA) is 83.0 Å². The van der Waals surface area contributed by atoms with Crippen molar-refractivity contribution in [1.82, 2.24) is 15.5 Å². The van der Waals surface area contributed by atoms with Crippen molar-refractivity contribution >= 4 is 15.8 Å². The fraction of sp³-hybridized carbons (Fsp3) is 0.929. The van der Waals surface area contributed by atoms with Crippen molar-refractivity contribution in [2.75, 3.05) is 58.4 Å². The van der Waals surface area contributed by atoms with Gasteiger partial charge in [0.25, 0.3) is 0 Å². The van der Waals surface area contributed by atoms with Gasteiger partial charge in [0.05, 0.1) is 18.5 Å². The Morgan fingerprint density at radius 3 is 2.73 bits per heavy atom. The van der Waals surface area contributed by atoms with Crippen molar-refractivity contribution in [2.24, 2.45) is 10.9 Å². The second-order valence-corrected chi connectivity index (χ2v) is 8.42. The van der Waals surface area contributed by atoms with E-state index in [9.17, 15) is 8.42 Å². The molecule has 1 aliphatic rings. The van der Waals surface area contributed by atoms with Gasteiger partial charge in [-0.3, -0.25) is 9.89 Å². The van der Waals surface area contributed by atoms with E-state index in [1.54, 1.807) is 7.05 Å². The smallest absolute Gasteiger partial charge is 0.191 e. The molecule has 1 unspecified atom stereocenters. The van der Waals surface area contributed by atoms with Gasteiger partial charge in [0.15, 0.2) is 5.96 Å². The first kappa shape index (κ1) is 19.2. The fourth-order valence-electron chi connectivity index (χ4n) is 2.37. The lowest BCUT2D eigenvalue weighted by Crippen LogP contribution is -2.50. The summed E-state index contributed by atoms with van der Waals surface area (Å²) in [4.78, 5) is 6.51. The highest BCUT2D eigenvalue weighted by Gasteiger charge is 2.21. The molecule has 0 aliphatic carbocycles. The second kappa shape index (κ2) is 9.32. The number of sulfone groups is 1. The number of guanidine groups is 1. The Hall–Kier alpha value is -0.860. The van der Waals surface area contributed by atoms with Crippen LogP contribution in [-0.2, 0) is 14.6 Å². The molecule has 1 saturated heterocycles. The van der Waals surface area contributed by atoms with Crippen molar-refractivity contribution < 1.29 is 13.2 Å². The molecule has 0 aromatic heterocycles. The largest absolute Gasteiger partial charge is 0.374 e. The molecule has 0 amide bonds. The van der Waals surface area contributed by atoms with Crippen LogP contribution in [0.2, 0.25) is 0 Å². The highest BCUT2D eigenvalue weighted by Crippen LogP contribution is 2.07. The minimum Gasteiger partial charge on any atom is -0.374 e. The molecule has 1 fully saturated rings. The highest BCUT2D eigenvalue weighted by atomic mass is 32.2. The Labute approximate surface area is 134 Å². The first-order valence-corrected chi connectivity index (χ1v) is 9.82. The van der Waals surface area contributed by atoms with Crippen LogP contribution in [0.15, 0.2) is 4.99 Å². The molecule has 1 aliphatic heterocycles. The molecule has 0 saturated carbocycles. The molecule has 1 heterocycles. The predicted octanol–water partition coefficient (Wildman–Crippen LogP) is -0.447. The van der Waals surface area contributed by atoms with Gasteiger partial charge < -0.3 is 15.4 Å². The lowest BCUT2D eigenvalue weighted by Gasteiger charge is -2.34. The molecule has 0 spiro atoms. The first-order valence-electron chi connectivity index (χ1n) is 7.76. The molecule has 1 atom stereocenters. The Balaban J connectivity index is 2.30. The number of morpholine rings is 1. The first-order chi connectivity index (χ1) is 10.3. The number of nitrogens with zero attached hydrogens (tertiary/aromatic N) is 2. The normalized spacial score (nSPS) is 21.1. The highest BCUT2D eigenvalue weighted by molar-refractivity contribution is 7.90. The number of ether oxygens (including phenoxy) is 1. The summed E-state index contributed by atoms with van der Waals surface area (Å²) in [6, 6.07) is 0. The molecule has 2 N–H and O–H groups in total. The van der Waals surface area contributed by atoms with Gasteiger partial charge in [-0.15, -0.1) is 0 Å². The average molecular weight is 334 g/mol. The third-order valence-electron chi connectivity index (χ3n) is 3.33. The third-order valence-corrected chi connectivity index (χ3v) is 4.28. The Morgan fingerprint density at radius 2 is 2.14 bits per heavy atom. The molecular formula is C14H30N4O3S. The summed E-state index contributed by atoms with van der Waals surface area (Å²) in [5.41, 5.74) is 0. The molecular weight excluding hydrogens is 304 g/mol. The number of hydrogen-bond acceptors (Lipinski definition) is 5. The van der Waals surface area contributed by atoms with Crippen molar-refractivity contribution in [3.05, 3.63) is 0 Å². The molecule has 0 radical (unpaired) electrons. The molecule has 1 rings (SSSR count). The van der Waals surface area contributed by atoms with Crippen LogP contribution in [-0.4, -0.2) is 83.8 Å². The van der Waals surface area contributed by atoms with E-state index in [4.69, 9.17) is 4.74 Å². The van der Waals surface area contributed by atoms with Crippen LogP contribution in [0.5, 0.6) is 0 Å². The molecule has 130 valence electrons. The Bertz CT molecular complexity index is 451. The number of hydrogen-bond donors (Lipinski definition) is 2. The van der Waals surface area contributed by atoms with E-state index in [-0.39, 0.29) is 11.9 Å².